The zero-order valence-electron chi connectivity index (χ0n) is 11.6. The van der Waals surface area contributed by atoms with Crippen LogP contribution in [0.4, 0.5) is 0 Å². The van der Waals surface area contributed by atoms with Crippen LogP contribution in [0.15, 0.2) is 29.4 Å². The van der Waals surface area contributed by atoms with Gasteiger partial charge in [-0.25, -0.2) is 0 Å². The molecule has 0 aromatic heterocycles. The summed E-state index contributed by atoms with van der Waals surface area (Å²) in [6.07, 6.45) is 3.96. The number of rotatable bonds is 5. The van der Waals surface area contributed by atoms with Gasteiger partial charge in [-0.1, -0.05) is 35.8 Å². The van der Waals surface area contributed by atoms with E-state index in [1.807, 2.05) is 24.3 Å². The fraction of sp³-hybridized carbons (Fsp3) is 0.533. The molecule has 2 unspecified atom stereocenters. The maximum absolute atomic E-state index is 9.66. The number of amidine groups is 1. The molecule has 1 saturated carbocycles. The quantitative estimate of drug-likeness (QED) is 0.283. The second kappa shape index (κ2) is 7.26. The lowest BCUT2D eigenvalue weighted by Gasteiger charge is -2.26. The minimum atomic E-state index is -0.139. The lowest BCUT2D eigenvalue weighted by Crippen LogP contribution is -2.29. The Balaban J connectivity index is 1.88. The zero-order chi connectivity index (χ0) is 14.4. The fourth-order valence-corrected chi connectivity index (χ4v) is 2.84. The van der Waals surface area contributed by atoms with Gasteiger partial charge in [-0.2, -0.15) is 0 Å². The molecule has 110 valence electrons. The summed E-state index contributed by atoms with van der Waals surface area (Å²) in [5.74, 6) is 0.672. The van der Waals surface area contributed by atoms with Gasteiger partial charge in [0.25, 0.3) is 0 Å². The molecule has 1 aliphatic carbocycles. The van der Waals surface area contributed by atoms with E-state index in [1.54, 1.807) is 0 Å². The Hall–Kier alpha value is -1.59. The van der Waals surface area contributed by atoms with Gasteiger partial charge in [0.15, 0.2) is 5.84 Å². The number of benzene rings is 1. The Morgan fingerprint density at radius 1 is 1.35 bits per heavy atom. The lowest BCUT2D eigenvalue weighted by atomic mass is 9.87. The van der Waals surface area contributed by atoms with E-state index in [1.165, 1.54) is 6.42 Å². The molecule has 2 atom stereocenters. The maximum atomic E-state index is 9.66. The van der Waals surface area contributed by atoms with E-state index in [0.29, 0.717) is 12.5 Å². The fourth-order valence-electron chi connectivity index (χ4n) is 2.84. The summed E-state index contributed by atoms with van der Waals surface area (Å²) in [6, 6.07) is 7.62. The molecule has 1 aliphatic rings. The van der Waals surface area contributed by atoms with Crippen LogP contribution in [0.1, 0.15) is 36.8 Å². The van der Waals surface area contributed by atoms with Crippen molar-refractivity contribution >= 4 is 5.84 Å². The van der Waals surface area contributed by atoms with E-state index in [-0.39, 0.29) is 11.9 Å². The lowest BCUT2D eigenvalue weighted by molar-refractivity contribution is 0.101. The van der Waals surface area contributed by atoms with Crippen LogP contribution >= 0.6 is 0 Å². The van der Waals surface area contributed by atoms with Crippen molar-refractivity contribution < 1.29 is 10.3 Å². The van der Waals surface area contributed by atoms with Gasteiger partial charge < -0.3 is 21.4 Å². The highest BCUT2D eigenvalue weighted by Gasteiger charge is 2.19. The molecule has 0 saturated heterocycles. The highest BCUT2D eigenvalue weighted by Crippen LogP contribution is 2.23. The third kappa shape index (κ3) is 3.95. The number of nitrogens with two attached hydrogens (primary N) is 1. The minimum Gasteiger partial charge on any atom is -0.409 e. The summed E-state index contributed by atoms with van der Waals surface area (Å²) in [6.45, 7) is 1.57. The Morgan fingerprint density at radius 3 is 2.90 bits per heavy atom. The summed E-state index contributed by atoms with van der Waals surface area (Å²) in [4.78, 5) is 0. The molecule has 1 aromatic rings. The SMILES string of the molecule is N/C(=N/O)c1ccccc1CNCC1CCCC(O)C1. The first-order valence-electron chi connectivity index (χ1n) is 7.15. The first kappa shape index (κ1) is 14.8. The number of hydrogen-bond donors (Lipinski definition) is 4. The van der Waals surface area contributed by atoms with Crippen LogP contribution in [0.5, 0.6) is 0 Å². The number of nitrogens with zero attached hydrogens (tertiary/aromatic N) is 1. The van der Waals surface area contributed by atoms with Gasteiger partial charge in [0, 0.05) is 12.1 Å². The van der Waals surface area contributed by atoms with Gasteiger partial charge in [-0.05, 0) is 37.3 Å². The maximum Gasteiger partial charge on any atom is 0.170 e. The van der Waals surface area contributed by atoms with Crippen molar-refractivity contribution in [3.05, 3.63) is 35.4 Å². The average Bonchev–Trinajstić information content (AvgIpc) is 2.47. The number of aliphatic hydroxyl groups excluding tert-OH is 1. The molecule has 2 rings (SSSR count). The summed E-state index contributed by atoms with van der Waals surface area (Å²) in [5.41, 5.74) is 7.44. The van der Waals surface area contributed by atoms with Crippen molar-refractivity contribution in [2.24, 2.45) is 16.8 Å². The standard InChI is InChI=1S/C15H23N3O2/c16-15(18-20)14-7-2-1-5-12(14)10-17-9-11-4-3-6-13(19)8-11/h1-2,5,7,11,13,17,19-20H,3-4,6,8-10H2,(H2,16,18). The first-order valence-corrected chi connectivity index (χ1v) is 7.15. The molecule has 0 aliphatic heterocycles. The molecule has 1 fully saturated rings. The highest BCUT2D eigenvalue weighted by molar-refractivity contribution is 5.98. The first-order chi connectivity index (χ1) is 9.70. The Morgan fingerprint density at radius 2 is 2.15 bits per heavy atom. The van der Waals surface area contributed by atoms with Gasteiger partial charge >= 0.3 is 0 Å². The Kier molecular flexibility index (Phi) is 5.38. The molecular formula is C15H23N3O2. The van der Waals surface area contributed by atoms with E-state index in [9.17, 15) is 5.11 Å². The van der Waals surface area contributed by atoms with E-state index in [4.69, 9.17) is 10.9 Å². The number of hydrogen-bond acceptors (Lipinski definition) is 4. The van der Waals surface area contributed by atoms with Gasteiger partial charge in [0.2, 0.25) is 0 Å². The highest BCUT2D eigenvalue weighted by atomic mass is 16.4. The summed E-state index contributed by atoms with van der Waals surface area (Å²) in [7, 11) is 0. The topological polar surface area (TPSA) is 90.9 Å². The van der Waals surface area contributed by atoms with Gasteiger partial charge in [-0.15, -0.1) is 0 Å². The van der Waals surface area contributed by atoms with E-state index in [2.05, 4.69) is 10.5 Å². The normalized spacial score (nSPS) is 23.8. The number of aliphatic hydroxyl groups is 1. The van der Waals surface area contributed by atoms with Crippen molar-refractivity contribution in [3.8, 4) is 0 Å². The molecular weight excluding hydrogens is 254 g/mol. The Labute approximate surface area is 119 Å². The monoisotopic (exact) mass is 277 g/mol. The van der Waals surface area contributed by atoms with Crippen LogP contribution in [0.2, 0.25) is 0 Å². The van der Waals surface area contributed by atoms with Gasteiger partial charge in [0.05, 0.1) is 6.10 Å². The van der Waals surface area contributed by atoms with Crippen LogP contribution < -0.4 is 11.1 Å². The second-order valence-electron chi connectivity index (χ2n) is 5.46. The summed E-state index contributed by atoms with van der Waals surface area (Å²) < 4.78 is 0. The van der Waals surface area contributed by atoms with E-state index >= 15 is 0 Å². The van der Waals surface area contributed by atoms with Crippen LogP contribution in [0.25, 0.3) is 0 Å². The molecule has 0 spiro atoms. The smallest absolute Gasteiger partial charge is 0.170 e. The molecule has 0 bridgehead atoms. The predicted octanol–water partition coefficient (Wildman–Crippen LogP) is 1.42. The Bertz CT molecular complexity index is 462. The molecule has 0 amide bonds. The molecule has 5 nitrogen and oxygen atoms in total. The van der Waals surface area contributed by atoms with Crippen molar-refractivity contribution in [1.82, 2.24) is 5.32 Å². The molecule has 0 radical (unpaired) electrons. The van der Waals surface area contributed by atoms with Gasteiger partial charge in [-0.3, -0.25) is 0 Å². The van der Waals surface area contributed by atoms with Crippen LogP contribution in [0, 0.1) is 5.92 Å². The molecule has 0 heterocycles. The average molecular weight is 277 g/mol. The zero-order valence-corrected chi connectivity index (χ0v) is 11.6. The summed E-state index contributed by atoms with van der Waals surface area (Å²) in [5, 5.41) is 24.9. The van der Waals surface area contributed by atoms with Crippen molar-refractivity contribution in [2.45, 2.75) is 38.3 Å². The van der Waals surface area contributed by atoms with Crippen molar-refractivity contribution in [1.29, 1.82) is 0 Å². The largest absolute Gasteiger partial charge is 0.409 e. The molecule has 20 heavy (non-hydrogen) atoms. The predicted molar refractivity (Wildman–Crippen MR) is 78.6 cm³/mol. The number of oxime groups is 1. The third-order valence-corrected chi connectivity index (χ3v) is 3.90. The minimum absolute atomic E-state index is 0.135. The summed E-state index contributed by atoms with van der Waals surface area (Å²) >= 11 is 0. The molecule has 5 heteroatoms. The molecule has 5 N–H and O–H groups in total. The van der Waals surface area contributed by atoms with Crippen molar-refractivity contribution in [2.75, 3.05) is 6.54 Å². The molecule has 1 aromatic carbocycles. The number of nitrogens with one attached hydrogen (secondary N) is 1. The third-order valence-electron chi connectivity index (χ3n) is 3.90. The van der Waals surface area contributed by atoms with Crippen LogP contribution in [-0.2, 0) is 6.54 Å². The van der Waals surface area contributed by atoms with Gasteiger partial charge in [0.1, 0.15) is 0 Å². The van der Waals surface area contributed by atoms with E-state index < -0.39 is 0 Å². The second-order valence-corrected chi connectivity index (χ2v) is 5.46. The van der Waals surface area contributed by atoms with Crippen LogP contribution in [-0.4, -0.2) is 28.8 Å². The van der Waals surface area contributed by atoms with E-state index in [0.717, 1.165) is 36.9 Å². The van der Waals surface area contributed by atoms with Crippen molar-refractivity contribution in [3.63, 3.8) is 0 Å². The van der Waals surface area contributed by atoms with Crippen LogP contribution in [0.3, 0.4) is 0 Å².